The summed E-state index contributed by atoms with van der Waals surface area (Å²) < 4.78 is 0. The van der Waals surface area contributed by atoms with Crippen LogP contribution >= 0.6 is 0 Å². The van der Waals surface area contributed by atoms with Gasteiger partial charge in [0.05, 0.1) is 17.4 Å². The highest BCUT2D eigenvalue weighted by atomic mass is 16.1. The van der Waals surface area contributed by atoms with Crippen molar-refractivity contribution in [2.24, 2.45) is 0 Å². The highest BCUT2D eigenvalue weighted by Crippen LogP contribution is 2.13. The molecule has 0 bridgehead atoms. The van der Waals surface area contributed by atoms with Crippen LogP contribution in [0.3, 0.4) is 0 Å². The van der Waals surface area contributed by atoms with Gasteiger partial charge in [0.1, 0.15) is 0 Å². The van der Waals surface area contributed by atoms with Crippen LogP contribution in [0.25, 0.3) is 0 Å². The number of pyridine rings is 1. The van der Waals surface area contributed by atoms with Crippen molar-refractivity contribution in [3.05, 3.63) is 36.4 Å². The molecule has 0 radical (unpaired) electrons. The number of H-pyrrole nitrogens is 1. The van der Waals surface area contributed by atoms with E-state index in [0.29, 0.717) is 17.2 Å². The van der Waals surface area contributed by atoms with Crippen LogP contribution in [0.1, 0.15) is 10.4 Å². The fourth-order valence-corrected chi connectivity index (χ4v) is 1.30. The minimum Gasteiger partial charge on any atom is -0.386 e. The molecule has 0 unspecified atom stereocenters. The van der Waals surface area contributed by atoms with E-state index >= 15 is 0 Å². The quantitative estimate of drug-likeness (QED) is 0.719. The molecule has 0 atom stereocenters. The molecule has 6 nitrogen and oxygen atoms in total. The number of carbonyl (C=O) groups excluding carboxylic acids is 1. The lowest BCUT2D eigenvalue weighted by Gasteiger charge is -2.07. The smallest absolute Gasteiger partial charge is 0.260 e. The second-order valence-electron chi connectivity index (χ2n) is 3.06. The van der Waals surface area contributed by atoms with E-state index in [0.717, 1.165) is 0 Å². The average Bonchev–Trinajstić information content (AvgIpc) is 2.81. The monoisotopic (exact) mass is 217 g/mol. The molecule has 6 heteroatoms. The number of hydrogen-bond acceptors (Lipinski definition) is 4. The molecule has 82 valence electrons. The molecule has 0 saturated heterocycles. The third-order valence-corrected chi connectivity index (χ3v) is 2.07. The van der Waals surface area contributed by atoms with E-state index in [1.165, 1.54) is 0 Å². The molecule has 3 N–H and O–H groups in total. The van der Waals surface area contributed by atoms with Crippen molar-refractivity contribution in [1.29, 1.82) is 0 Å². The summed E-state index contributed by atoms with van der Waals surface area (Å²) >= 11 is 0. The van der Waals surface area contributed by atoms with Crippen molar-refractivity contribution in [1.82, 2.24) is 15.0 Å². The molecule has 2 aromatic rings. The second-order valence-corrected chi connectivity index (χ2v) is 3.06. The maximum atomic E-state index is 11.9. The number of aromatic nitrogens is 3. The summed E-state index contributed by atoms with van der Waals surface area (Å²) in [5.41, 5.74) is 1.19. The van der Waals surface area contributed by atoms with Crippen LogP contribution in [0.4, 0.5) is 11.6 Å². The minimum atomic E-state index is -0.235. The van der Waals surface area contributed by atoms with Gasteiger partial charge in [0, 0.05) is 25.6 Å². The predicted molar refractivity (Wildman–Crippen MR) is 60.3 cm³/mol. The summed E-state index contributed by atoms with van der Waals surface area (Å²) in [7, 11) is 1.74. The van der Waals surface area contributed by atoms with Gasteiger partial charge in [-0.1, -0.05) is 0 Å². The number of anilines is 2. The van der Waals surface area contributed by atoms with Crippen LogP contribution in [0.2, 0.25) is 0 Å². The Bertz CT molecular complexity index is 480. The lowest BCUT2D eigenvalue weighted by atomic mass is 10.2. The fourth-order valence-electron chi connectivity index (χ4n) is 1.30. The lowest BCUT2D eigenvalue weighted by Crippen LogP contribution is -2.15. The van der Waals surface area contributed by atoms with Crippen LogP contribution in [-0.4, -0.2) is 27.9 Å². The van der Waals surface area contributed by atoms with Gasteiger partial charge in [0.25, 0.3) is 5.91 Å². The highest BCUT2D eigenvalue weighted by Gasteiger charge is 2.11. The lowest BCUT2D eigenvalue weighted by molar-refractivity contribution is 0.102. The normalized spacial score (nSPS) is 9.81. The van der Waals surface area contributed by atoms with Crippen molar-refractivity contribution < 1.29 is 4.79 Å². The molecule has 2 heterocycles. The zero-order chi connectivity index (χ0) is 11.4. The van der Waals surface area contributed by atoms with Crippen LogP contribution in [0, 0.1) is 0 Å². The number of imidazole rings is 1. The molecule has 0 fully saturated rings. The first-order valence-corrected chi connectivity index (χ1v) is 4.74. The number of rotatable bonds is 3. The van der Waals surface area contributed by atoms with Gasteiger partial charge < -0.3 is 10.3 Å². The van der Waals surface area contributed by atoms with Gasteiger partial charge in [-0.15, -0.1) is 0 Å². The molecule has 0 aliphatic carbocycles. The second kappa shape index (κ2) is 4.43. The zero-order valence-electron chi connectivity index (χ0n) is 8.69. The van der Waals surface area contributed by atoms with E-state index in [-0.39, 0.29) is 5.91 Å². The molecule has 0 spiro atoms. The summed E-state index contributed by atoms with van der Waals surface area (Å²) in [6.07, 6.45) is 6.37. The van der Waals surface area contributed by atoms with Crippen molar-refractivity contribution in [3.8, 4) is 0 Å². The summed E-state index contributed by atoms with van der Waals surface area (Å²) in [6, 6.07) is 1.64. The van der Waals surface area contributed by atoms with Gasteiger partial charge in [0.2, 0.25) is 5.95 Å². The Morgan fingerprint density at radius 3 is 3.00 bits per heavy atom. The highest BCUT2D eigenvalue weighted by molar-refractivity contribution is 6.07. The molecule has 2 aromatic heterocycles. The maximum absolute atomic E-state index is 11.9. The molecule has 0 aliphatic heterocycles. The first kappa shape index (κ1) is 10.2. The molecule has 2 rings (SSSR count). The Labute approximate surface area is 92.1 Å². The number of carbonyl (C=O) groups is 1. The number of nitrogens with zero attached hydrogens (tertiary/aromatic N) is 2. The summed E-state index contributed by atoms with van der Waals surface area (Å²) in [5, 5.41) is 5.54. The van der Waals surface area contributed by atoms with Crippen molar-refractivity contribution in [2.75, 3.05) is 17.7 Å². The number of nitrogens with one attached hydrogen (secondary N) is 3. The summed E-state index contributed by atoms with van der Waals surface area (Å²) in [5.74, 6) is 0.186. The van der Waals surface area contributed by atoms with Crippen LogP contribution < -0.4 is 10.6 Å². The SMILES string of the molecule is CNc1cnccc1C(=O)Nc1ncc[nH]1. The van der Waals surface area contributed by atoms with Gasteiger partial charge in [-0.25, -0.2) is 4.98 Å². The fraction of sp³-hybridized carbons (Fsp3) is 0.100. The van der Waals surface area contributed by atoms with Crippen LogP contribution in [0.15, 0.2) is 30.9 Å². The summed E-state index contributed by atoms with van der Waals surface area (Å²) in [6.45, 7) is 0. The third kappa shape index (κ3) is 2.00. The van der Waals surface area contributed by atoms with Gasteiger partial charge in [-0.2, -0.15) is 0 Å². The molecular formula is C10H11N5O. The Hall–Kier alpha value is -2.37. The number of hydrogen-bond donors (Lipinski definition) is 3. The van der Waals surface area contributed by atoms with Crippen LogP contribution in [-0.2, 0) is 0 Å². The van der Waals surface area contributed by atoms with Gasteiger partial charge >= 0.3 is 0 Å². The zero-order valence-corrected chi connectivity index (χ0v) is 8.69. The molecule has 0 saturated carbocycles. The van der Waals surface area contributed by atoms with Crippen LogP contribution in [0.5, 0.6) is 0 Å². The predicted octanol–water partition coefficient (Wildman–Crippen LogP) is 1.10. The first-order valence-electron chi connectivity index (χ1n) is 4.74. The average molecular weight is 217 g/mol. The summed E-state index contributed by atoms with van der Waals surface area (Å²) in [4.78, 5) is 22.5. The minimum absolute atomic E-state index is 0.235. The molecule has 16 heavy (non-hydrogen) atoms. The Balaban J connectivity index is 2.21. The van der Waals surface area contributed by atoms with E-state index in [1.54, 1.807) is 37.9 Å². The van der Waals surface area contributed by atoms with Crippen molar-refractivity contribution in [3.63, 3.8) is 0 Å². The molecule has 0 aliphatic rings. The largest absolute Gasteiger partial charge is 0.386 e. The van der Waals surface area contributed by atoms with E-state index < -0.39 is 0 Å². The third-order valence-electron chi connectivity index (χ3n) is 2.07. The Morgan fingerprint density at radius 2 is 2.31 bits per heavy atom. The Morgan fingerprint density at radius 1 is 1.44 bits per heavy atom. The number of amides is 1. The van der Waals surface area contributed by atoms with E-state index in [1.807, 2.05) is 0 Å². The van der Waals surface area contributed by atoms with E-state index in [9.17, 15) is 4.79 Å². The number of aromatic amines is 1. The van der Waals surface area contributed by atoms with E-state index in [2.05, 4.69) is 25.6 Å². The Kier molecular flexibility index (Phi) is 2.81. The topological polar surface area (TPSA) is 82.7 Å². The molecule has 0 aromatic carbocycles. The van der Waals surface area contributed by atoms with Gasteiger partial charge in [-0.05, 0) is 6.07 Å². The van der Waals surface area contributed by atoms with Gasteiger partial charge in [-0.3, -0.25) is 15.1 Å². The van der Waals surface area contributed by atoms with Gasteiger partial charge in [0.15, 0.2) is 0 Å². The van der Waals surface area contributed by atoms with Crippen molar-refractivity contribution in [2.45, 2.75) is 0 Å². The van der Waals surface area contributed by atoms with Crippen molar-refractivity contribution >= 4 is 17.5 Å². The molecular weight excluding hydrogens is 206 g/mol. The van der Waals surface area contributed by atoms with E-state index in [4.69, 9.17) is 0 Å². The molecule has 1 amide bonds. The maximum Gasteiger partial charge on any atom is 0.260 e. The first-order chi connectivity index (χ1) is 7.81. The standard InChI is InChI=1S/C10H11N5O/c1-11-8-6-12-3-2-7(8)9(16)15-10-13-4-5-14-10/h2-6,11H,1H3,(H2,13,14,15,16).